The Morgan fingerprint density at radius 1 is 1.15 bits per heavy atom. The van der Waals surface area contributed by atoms with E-state index < -0.39 is 5.41 Å². The first-order valence-corrected chi connectivity index (χ1v) is 10.4. The highest BCUT2D eigenvalue weighted by molar-refractivity contribution is 7.17. The highest BCUT2D eigenvalue weighted by Gasteiger charge is 2.51. The third-order valence-electron chi connectivity index (χ3n) is 4.66. The zero-order valence-electron chi connectivity index (χ0n) is 14.8. The summed E-state index contributed by atoms with van der Waals surface area (Å²) in [5.74, 6) is -0.0249. The van der Waals surface area contributed by atoms with E-state index in [0.717, 1.165) is 33.9 Å². The van der Waals surface area contributed by atoms with Crippen LogP contribution in [0.1, 0.15) is 30.2 Å². The van der Waals surface area contributed by atoms with E-state index in [9.17, 15) is 9.59 Å². The number of aromatic nitrogens is 1. The molecule has 4 rings (SSSR count). The summed E-state index contributed by atoms with van der Waals surface area (Å²) in [5.41, 5.74) is 1.51. The van der Waals surface area contributed by atoms with Gasteiger partial charge in [-0.25, -0.2) is 4.98 Å². The monoisotopic (exact) mass is 397 g/mol. The zero-order valence-corrected chi connectivity index (χ0v) is 16.5. The molecule has 2 heterocycles. The van der Waals surface area contributed by atoms with Crippen molar-refractivity contribution in [1.82, 2.24) is 10.3 Å². The number of thiophene rings is 1. The van der Waals surface area contributed by atoms with Crippen LogP contribution in [0.3, 0.4) is 0 Å². The number of nitrogens with zero attached hydrogens (tertiary/aromatic N) is 1. The number of benzene rings is 1. The predicted octanol–water partition coefficient (Wildman–Crippen LogP) is 4.18. The molecule has 1 aliphatic rings. The maximum absolute atomic E-state index is 12.8. The minimum atomic E-state index is -0.401. The highest BCUT2D eigenvalue weighted by atomic mass is 32.1. The van der Waals surface area contributed by atoms with Crippen LogP contribution < -0.4 is 10.6 Å². The van der Waals surface area contributed by atoms with Crippen LogP contribution in [-0.2, 0) is 21.5 Å². The van der Waals surface area contributed by atoms with Gasteiger partial charge in [-0.05, 0) is 30.5 Å². The highest BCUT2D eigenvalue weighted by Crippen LogP contribution is 2.49. The molecular formula is C20H19N3O2S2. The molecule has 27 heavy (non-hydrogen) atoms. The fraction of sp³-hybridized carbons (Fsp3) is 0.250. The molecule has 2 aromatic heterocycles. The quantitative estimate of drug-likeness (QED) is 0.655. The van der Waals surface area contributed by atoms with E-state index >= 15 is 0 Å². The first-order chi connectivity index (χ1) is 13.1. The van der Waals surface area contributed by atoms with Gasteiger partial charge in [0.05, 0.1) is 22.5 Å². The molecule has 2 amide bonds. The van der Waals surface area contributed by atoms with Crippen LogP contribution in [0.25, 0.3) is 10.6 Å². The maximum atomic E-state index is 12.8. The van der Waals surface area contributed by atoms with Crippen LogP contribution in [0.5, 0.6) is 0 Å². The smallest absolute Gasteiger partial charge is 0.236 e. The number of nitrogens with one attached hydrogen (secondary N) is 2. The molecule has 3 aromatic rings. The Labute approximate surface area is 165 Å². The summed E-state index contributed by atoms with van der Waals surface area (Å²) in [6.45, 7) is 2.03. The Morgan fingerprint density at radius 3 is 2.63 bits per heavy atom. The first kappa shape index (κ1) is 17.9. The predicted molar refractivity (Wildman–Crippen MR) is 109 cm³/mol. The molecule has 7 heteroatoms. The molecule has 138 valence electrons. The number of amides is 2. The molecule has 1 aromatic carbocycles. The van der Waals surface area contributed by atoms with Gasteiger partial charge in [-0.1, -0.05) is 30.3 Å². The lowest BCUT2D eigenvalue weighted by Crippen LogP contribution is -2.27. The molecule has 0 unspecified atom stereocenters. The van der Waals surface area contributed by atoms with E-state index in [4.69, 9.17) is 0 Å². The number of hydrogen-bond acceptors (Lipinski definition) is 5. The third-order valence-corrected chi connectivity index (χ3v) is 6.53. The molecule has 0 atom stereocenters. The van der Waals surface area contributed by atoms with Crippen LogP contribution in [0.4, 0.5) is 5.13 Å². The second-order valence-corrected chi connectivity index (χ2v) is 8.64. The maximum Gasteiger partial charge on any atom is 0.236 e. The number of carbonyl (C=O) groups is 2. The summed E-state index contributed by atoms with van der Waals surface area (Å²) >= 11 is 3.02. The molecule has 5 nitrogen and oxygen atoms in total. The minimum absolute atomic E-state index is 0.0205. The van der Waals surface area contributed by atoms with Gasteiger partial charge in [0.1, 0.15) is 0 Å². The Balaban J connectivity index is 1.44. The summed E-state index contributed by atoms with van der Waals surface area (Å²) in [4.78, 5) is 30.5. The number of hydrogen-bond donors (Lipinski definition) is 2. The SMILES string of the molecule is CC(=O)NCc1ccc(-c2csc(NC(=O)C3(c4ccccc4)CC3)n2)s1. The molecule has 2 N–H and O–H groups in total. The van der Waals surface area contributed by atoms with Crippen molar-refractivity contribution in [3.63, 3.8) is 0 Å². The lowest BCUT2D eigenvalue weighted by molar-refractivity contribution is -0.119. The number of rotatable bonds is 6. The fourth-order valence-corrected chi connectivity index (χ4v) is 4.70. The minimum Gasteiger partial charge on any atom is -0.351 e. The van der Waals surface area contributed by atoms with Gasteiger partial charge in [0.2, 0.25) is 11.8 Å². The van der Waals surface area contributed by atoms with E-state index in [1.807, 2.05) is 47.8 Å². The van der Waals surface area contributed by atoms with E-state index in [1.54, 1.807) is 11.3 Å². The van der Waals surface area contributed by atoms with Gasteiger partial charge in [-0.15, -0.1) is 22.7 Å². The second-order valence-electron chi connectivity index (χ2n) is 6.62. The molecular weight excluding hydrogens is 378 g/mol. The van der Waals surface area contributed by atoms with Crippen LogP contribution in [0.15, 0.2) is 47.8 Å². The normalized spacial score (nSPS) is 14.6. The zero-order chi connectivity index (χ0) is 18.9. The largest absolute Gasteiger partial charge is 0.351 e. The number of anilines is 1. The summed E-state index contributed by atoms with van der Waals surface area (Å²) in [6, 6.07) is 13.9. The lowest BCUT2D eigenvalue weighted by Gasteiger charge is -2.14. The standard InChI is InChI=1S/C20H19N3O2S2/c1-13(24)21-11-15-7-8-17(27-15)16-12-26-19(22-16)23-18(25)20(9-10-20)14-5-3-2-4-6-14/h2-8,12H,9-11H2,1H3,(H,21,24)(H,22,23,25). The Hall–Kier alpha value is -2.51. The van der Waals surface area contributed by atoms with Crippen molar-refractivity contribution in [1.29, 1.82) is 0 Å². The second kappa shape index (κ2) is 7.25. The van der Waals surface area contributed by atoms with Crippen molar-refractivity contribution >= 4 is 39.6 Å². The van der Waals surface area contributed by atoms with Crippen LogP contribution in [-0.4, -0.2) is 16.8 Å². The average Bonchev–Trinajstić information content (AvgIpc) is 3.13. The Kier molecular flexibility index (Phi) is 4.80. The first-order valence-electron chi connectivity index (χ1n) is 8.73. The summed E-state index contributed by atoms with van der Waals surface area (Å²) in [5, 5.41) is 8.36. The molecule has 1 fully saturated rings. The molecule has 0 spiro atoms. The van der Waals surface area contributed by atoms with Gasteiger partial charge >= 0.3 is 0 Å². The van der Waals surface area contributed by atoms with Gasteiger partial charge in [-0.2, -0.15) is 0 Å². The summed E-state index contributed by atoms with van der Waals surface area (Å²) in [6.07, 6.45) is 1.75. The third kappa shape index (κ3) is 3.79. The van der Waals surface area contributed by atoms with Crippen molar-refractivity contribution in [3.05, 3.63) is 58.3 Å². The number of thiazole rings is 1. The van der Waals surface area contributed by atoms with E-state index in [1.165, 1.54) is 18.3 Å². The van der Waals surface area contributed by atoms with Crippen molar-refractivity contribution in [3.8, 4) is 10.6 Å². The van der Waals surface area contributed by atoms with Crippen molar-refractivity contribution in [2.24, 2.45) is 0 Å². The van der Waals surface area contributed by atoms with Crippen LogP contribution >= 0.6 is 22.7 Å². The van der Waals surface area contributed by atoms with Crippen LogP contribution in [0, 0.1) is 0 Å². The van der Waals surface area contributed by atoms with Crippen molar-refractivity contribution in [2.75, 3.05) is 5.32 Å². The van der Waals surface area contributed by atoms with Crippen molar-refractivity contribution in [2.45, 2.75) is 31.7 Å². The average molecular weight is 398 g/mol. The van der Waals surface area contributed by atoms with E-state index in [2.05, 4.69) is 15.6 Å². The summed E-state index contributed by atoms with van der Waals surface area (Å²) in [7, 11) is 0. The Morgan fingerprint density at radius 2 is 1.93 bits per heavy atom. The van der Waals surface area contributed by atoms with Gasteiger partial charge in [0.25, 0.3) is 0 Å². The molecule has 0 radical (unpaired) electrons. The topological polar surface area (TPSA) is 71.1 Å². The van der Waals surface area contributed by atoms with Gasteiger partial charge in [-0.3, -0.25) is 9.59 Å². The van der Waals surface area contributed by atoms with E-state index in [-0.39, 0.29) is 11.8 Å². The lowest BCUT2D eigenvalue weighted by atomic mass is 9.95. The number of carbonyl (C=O) groups excluding carboxylic acids is 2. The van der Waals surface area contributed by atoms with Gasteiger partial charge in [0, 0.05) is 17.2 Å². The van der Waals surface area contributed by atoms with E-state index in [0.29, 0.717) is 11.7 Å². The molecule has 0 aliphatic heterocycles. The molecule has 1 saturated carbocycles. The van der Waals surface area contributed by atoms with Gasteiger partial charge in [0.15, 0.2) is 5.13 Å². The Bertz CT molecular complexity index is 974. The summed E-state index contributed by atoms with van der Waals surface area (Å²) < 4.78 is 0. The molecule has 0 bridgehead atoms. The van der Waals surface area contributed by atoms with Gasteiger partial charge < -0.3 is 10.6 Å². The molecule has 1 aliphatic carbocycles. The fourth-order valence-electron chi connectivity index (χ4n) is 3.01. The molecule has 0 saturated heterocycles. The van der Waals surface area contributed by atoms with Crippen molar-refractivity contribution < 1.29 is 9.59 Å². The van der Waals surface area contributed by atoms with Crippen LogP contribution in [0.2, 0.25) is 0 Å².